The molecule has 0 atom stereocenters. The average molecular weight is 556 g/mol. The van der Waals surface area contributed by atoms with Crippen LogP contribution in [0, 0.1) is 5.82 Å². The SMILES string of the molecule is COc1cc(CN(C)C)ccc1Nc1ncc(C(F)(F)F)c(CCc2ccc(F)cc2N(C)S(C)(=O)=O)n1. The zero-order chi connectivity index (χ0) is 28.3. The van der Waals surface area contributed by atoms with Gasteiger partial charge >= 0.3 is 6.18 Å². The van der Waals surface area contributed by atoms with Gasteiger partial charge in [0, 0.05) is 19.8 Å². The van der Waals surface area contributed by atoms with E-state index in [2.05, 4.69) is 15.3 Å². The molecular formula is C25H29F4N5O3S. The van der Waals surface area contributed by atoms with Crippen molar-refractivity contribution >= 4 is 27.3 Å². The molecule has 0 radical (unpaired) electrons. The van der Waals surface area contributed by atoms with Gasteiger partial charge < -0.3 is 15.0 Å². The van der Waals surface area contributed by atoms with Crippen LogP contribution in [-0.4, -0.2) is 57.8 Å². The molecular weight excluding hydrogens is 526 g/mol. The largest absolute Gasteiger partial charge is 0.495 e. The molecule has 2 aromatic carbocycles. The van der Waals surface area contributed by atoms with E-state index in [0.29, 0.717) is 29.7 Å². The van der Waals surface area contributed by atoms with Gasteiger partial charge in [-0.2, -0.15) is 13.2 Å². The van der Waals surface area contributed by atoms with Gasteiger partial charge in [0.2, 0.25) is 16.0 Å². The second-order valence-electron chi connectivity index (χ2n) is 8.95. The first-order valence-corrected chi connectivity index (χ1v) is 13.3. The number of alkyl halides is 3. The number of sulfonamides is 1. The van der Waals surface area contributed by atoms with Crippen molar-refractivity contribution in [3.05, 3.63) is 70.8 Å². The summed E-state index contributed by atoms with van der Waals surface area (Å²) in [5.41, 5.74) is 0.513. The number of nitrogens with one attached hydrogen (secondary N) is 1. The molecule has 0 spiro atoms. The fourth-order valence-corrected chi connectivity index (χ4v) is 4.33. The van der Waals surface area contributed by atoms with Crippen LogP contribution in [0.5, 0.6) is 5.75 Å². The van der Waals surface area contributed by atoms with Crippen LogP contribution in [0.4, 0.5) is 34.9 Å². The standard InChI is InChI=1S/C25H29F4N5O3S/c1-33(2)15-16-6-10-21(23(12-16)37-4)32-24-30-14-19(25(27,28)29)20(31-24)11-8-17-7-9-18(26)13-22(17)34(3)38(5,35)36/h6-7,9-10,12-14H,8,11,15H2,1-5H3,(H,30,31,32). The summed E-state index contributed by atoms with van der Waals surface area (Å²) >= 11 is 0. The van der Waals surface area contributed by atoms with E-state index in [1.54, 1.807) is 6.07 Å². The highest BCUT2D eigenvalue weighted by molar-refractivity contribution is 7.92. The highest BCUT2D eigenvalue weighted by atomic mass is 32.2. The molecule has 3 rings (SSSR count). The van der Waals surface area contributed by atoms with Gasteiger partial charge in [-0.3, -0.25) is 4.31 Å². The molecule has 1 aromatic heterocycles. The topological polar surface area (TPSA) is 87.7 Å². The van der Waals surface area contributed by atoms with E-state index in [-0.39, 0.29) is 30.2 Å². The first-order chi connectivity index (χ1) is 17.7. The minimum atomic E-state index is -4.71. The van der Waals surface area contributed by atoms with Crippen molar-refractivity contribution in [2.45, 2.75) is 25.6 Å². The number of hydrogen-bond donors (Lipinski definition) is 1. The predicted molar refractivity (Wildman–Crippen MR) is 138 cm³/mol. The number of aromatic nitrogens is 2. The molecule has 8 nitrogen and oxygen atoms in total. The minimum Gasteiger partial charge on any atom is -0.495 e. The Morgan fingerprint density at radius 1 is 1.05 bits per heavy atom. The first kappa shape index (κ1) is 29.1. The summed E-state index contributed by atoms with van der Waals surface area (Å²) in [6, 6.07) is 8.88. The molecule has 0 saturated carbocycles. The summed E-state index contributed by atoms with van der Waals surface area (Å²) in [5.74, 6) is -0.275. The Bertz CT molecular complexity index is 1400. The molecule has 206 valence electrons. The third-order valence-electron chi connectivity index (χ3n) is 5.70. The second-order valence-corrected chi connectivity index (χ2v) is 11.0. The van der Waals surface area contributed by atoms with Gasteiger partial charge in [0.1, 0.15) is 11.6 Å². The molecule has 1 heterocycles. The highest BCUT2D eigenvalue weighted by Crippen LogP contribution is 2.34. The number of halogens is 4. The quantitative estimate of drug-likeness (QED) is 0.365. The summed E-state index contributed by atoms with van der Waals surface area (Å²) in [6.45, 7) is 0.664. The van der Waals surface area contributed by atoms with Gasteiger partial charge in [-0.1, -0.05) is 12.1 Å². The number of anilines is 3. The smallest absolute Gasteiger partial charge is 0.419 e. The number of benzene rings is 2. The highest BCUT2D eigenvalue weighted by Gasteiger charge is 2.35. The van der Waals surface area contributed by atoms with E-state index in [1.165, 1.54) is 20.2 Å². The molecule has 0 bridgehead atoms. The van der Waals surface area contributed by atoms with Crippen LogP contribution in [-0.2, 0) is 35.6 Å². The van der Waals surface area contributed by atoms with Crippen LogP contribution in [0.2, 0.25) is 0 Å². The molecule has 1 N–H and O–H groups in total. The van der Waals surface area contributed by atoms with Crippen LogP contribution in [0.1, 0.15) is 22.4 Å². The Balaban J connectivity index is 1.94. The summed E-state index contributed by atoms with van der Waals surface area (Å²) in [5, 5.41) is 2.91. The maximum absolute atomic E-state index is 13.9. The van der Waals surface area contributed by atoms with E-state index < -0.39 is 27.6 Å². The van der Waals surface area contributed by atoms with E-state index in [9.17, 15) is 26.0 Å². The normalized spacial score (nSPS) is 12.1. The summed E-state index contributed by atoms with van der Waals surface area (Å²) in [7, 11) is 2.84. The zero-order valence-electron chi connectivity index (χ0n) is 21.6. The van der Waals surface area contributed by atoms with Crippen molar-refractivity contribution in [3.8, 4) is 5.75 Å². The zero-order valence-corrected chi connectivity index (χ0v) is 22.4. The van der Waals surface area contributed by atoms with Crippen molar-refractivity contribution in [2.75, 3.05) is 44.1 Å². The molecule has 0 amide bonds. The van der Waals surface area contributed by atoms with Crippen molar-refractivity contribution in [1.29, 1.82) is 0 Å². The van der Waals surface area contributed by atoms with Crippen LogP contribution in [0.15, 0.2) is 42.6 Å². The molecule has 0 saturated heterocycles. The lowest BCUT2D eigenvalue weighted by molar-refractivity contribution is -0.138. The predicted octanol–water partition coefficient (Wildman–Crippen LogP) is 4.63. The second kappa shape index (κ2) is 11.5. The Morgan fingerprint density at radius 2 is 1.76 bits per heavy atom. The summed E-state index contributed by atoms with van der Waals surface area (Å²) in [4.78, 5) is 9.95. The molecule has 0 fully saturated rings. The lowest BCUT2D eigenvalue weighted by atomic mass is 10.0. The number of ether oxygens (including phenoxy) is 1. The number of methoxy groups -OCH3 is 1. The van der Waals surface area contributed by atoms with Gasteiger partial charge in [-0.25, -0.2) is 22.8 Å². The third kappa shape index (κ3) is 7.32. The van der Waals surface area contributed by atoms with E-state index in [4.69, 9.17) is 4.74 Å². The van der Waals surface area contributed by atoms with Crippen LogP contribution < -0.4 is 14.4 Å². The lowest BCUT2D eigenvalue weighted by Gasteiger charge is -2.21. The van der Waals surface area contributed by atoms with Crippen molar-refractivity contribution in [2.24, 2.45) is 0 Å². The Kier molecular flexibility index (Phi) is 8.82. The monoisotopic (exact) mass is 555 g/mol. The maximum Gasteiger partial charge on any atom is 0.419 e. The Hall–Kier alpha value is -3.45. The van der Waals surface area contributed by atoms with Gasteiger partial charge in [0.25, 0.3) is 0 Å². The lowest BCUT2D eigenvalue weighted by Crippen LogP contribution is -2.26. The minimum absolute atomic E-state index is 0.0302. The Morgan fingerprint density at radius 3 is 2.37 bits per heavy atom. The number of aryl methyl sites for hydroxylation is 2. The van der Waals surface area contributed by atoms with Gasteiger partial charge in [0.05, 0.1) is 36.0 Å². The van der Waals surface area contributed by atoms with E-state index >= 15 is 0 Å². The van der Waals surface area contributed by atoms with Gasteiger partial charge in [-0.15, -0.1) is 0 Å². The average Bonchev–Trinajstić information content (AvgIpc) is 2.82. The molecule has 13 heteroatoms. The number of nitrogens with zero attached hydrogens (tertiary/aromatic N) is 4. The molecule has 3 aromatic rings. The Labute approximate surface area is 219 Å². The number of hydrogen-bond acceptors (Lipinski definition) is 7. The van der Waals surface area contributed by atoms with Crippen molar-refractivity contribution < 1.29 is 30.7 Å². The van der Waals surface area contributed by atoms with Crippen molar-refractivity contribution in [1.82, 2.24) is 14.9 Å². The van der Waals surface area contributed by atoms with Crippen LogP contribution in [0.25, 0.3) is 0 Å². The fourth-order valence-electron chi connectivity index (χ4n) is 3.80. The molecule has 0 aliphatic heterocycles. The fraction of sp³-hybridized carbons (Fsp3) is 0.360. The van der Waals surface area contributed by atoms with Gasteiger partial charge in [-0.05, 0) is 62.3 Å². The van der Waals surface area contributed by atoms with Crippen molar-refractivity contribution in [3.63, 3.8) is 0 Å². The maximum atomic E-state index is 13.9. The third-order valence-corrected chi connectivity index (χ3v) is 6.89. The molecule has 38 heavy (non-hydrogen) atoms. The van der Waals surface area contributed by atoms with E-state index in [1.807, 2.05) is 31.1 Å². The van der Waals surface area contributed by atoms with Crippen LogP contribution >= 0.6 is 0 Å². The molecule has 0 aliphatic carbocycles. The van der Waals surface area contributed by atoms with Gasteiger partial charge in [0.15, 0.2) is 0 Å². The number of rotatable bonds is 10. The van der Waals surface area contributed by atoms with E-state index in [0.717, 1.165) is 28.3 Å². The summed E-state index contributed by atoms with van der Waals surface area (Å²) < 4.78 is 85.5. The molecule has 0 unspecified atom stereocenters. The summed E-state index contributed by atoms with van der Waals surface area (Å²) in [6.07, 6.45) is -3.30. The molecule has 0 aliphatic rings. The van der Waals surface area contributed by atoms with Crippen LogP contribution in [0.3, 0.4) is 0 Å². The first-order valence-electron chi connectivity index (χ1n) is 11.4.